The van der Waals surface area contributed by atoms with Gasteiger partial charge in [0.2, 0.25) is 0 Å². The first kappa shape index (κ1) is 21.7. The zero-order chi connectivity index (χ0) is 22.0. The number of urea groups is 1. The van der Waals surface area contributed by atoms with Crippen LogP contribution < -0.4 is 5.32 Å². The molecule has 1 aliphatic heterocycles. The normalized spacial score (nSPS) is 17.8. The second-order valence-electron chi connectivity index (χ2n) is 7.21. The number of aromatic amines is 1. The number of imidazole rings is 1. The van der Waals surface area contributed by atoms with Gasteiger partial charge in [-0.2, -0.15) is 0 Å². The molecule has 2 amide bonds. The largest absolute Gasteiger partial charge is 0.467 e. The molecule has 30 heavy (non-hydrogen) atoms. The van der Waals surface area contributed by atoms with E-state index in [0.717, 1.165) is 12.1 Å². The molecule has 2 heterocycles. The van der Waals surface area contributed by atoms with Crippen LogP contribution in [-0.2, 0) is 16.0 Å². The SMILES string of the molecule is CC[C@H](C)[C@H](NC(=O)N1CCc2[nH]cnc2[C@@H]1c1ccc(F)c(F)c1F)C(=O)OC. The lowest BCUT2D eigenvalue weighted by Gasteiger charge is -2.36. The summed E-state index contributed by atoms with van der Waals surface area (Å²) in [6.45, 7) is 3.80. The summed E-state index contributed by atoms with van der Waals surface area (Å²) in [6.07, 6.45) is 2.40. The quantitative estimate of drug-likeness (QED) is 0.571. The number of nitrogens with one attached hydrogen (secondary N) is 2. The summed E-state index contributed by atoms with van der Waals surface area (Å²) in [5, 5.41) is 2.64. The Morgan fingerprint density at radius 1 is 1.33 bits per heavy atom. The number of methoxy groups -OCH3 is 1. The minimum atomic E-state index is -1.62. The maximum Gasteiger partial charge on any atom is 0.328 e. The van der Waals surface area contributed by atoms with E-state index in [1.807, 2.05) is 6.92 Å². The summed E-state index contributed by atoms with van der Waals surface area (Å²) in [6, 6.07) is -0.766. The number of carbonyl (C=O) groups is 2. The number of hydrogen-bond acceptors (Lipinski definition) is 4. The predicted octanol–water partition coefficient (Wildman–Crippen LogP) is 3.07. The van der Waals surface area contributed by atoms with Crippen LogP contribution in [0, 0.1) is 23.4 Å². The monoisotopic (exact) mass is 424 g/mol. The smallest absolute Gasteiger partial charge is 0.328 e. The molecule has 0 saturated heterocycles. The van der Waals surface area contributed by atoms with Gasteiger partial charge in [0.25, 0.3) is 0 Å². The minimum absolute atomic E-state index is 0.151. The van der Waals surface area contributed by atoms with Gasteiger partial charge in [-0.25, -0.2) is 27.7 Å². The summed E-state index contributed by atoms with van der Waals surface area (Å²) in [4.78, 5) is 33.6. The van der Waals surface area contributed by atoms with Crippen LogP contribution in [0.25, 0.3) is 0 Å². The van der Waals surface area contributed by atoms with Gasteiger partial charge in [-0.1, -0.05) is 26.3 Å². The van der Waals surface area contributed by atoms with Gasteiger partial charge in [0.05, 0.1) is 19.1 Å². The zero-order valence-corrected chi connectivity index (χ0v) is 16.8. The highest BCUT2D eigenvalue weighted by Gasteiger charge is 2.38. The van der Waals surface area contributed by atoms with Gasteiger partial charge >= 0.3 is 12.0 Å². The molecule has 0 spiro atoms. The lowest BCUT2D eigenvalue weighted by Crippen LogP contribution is -2.53. The Labute approximate surface area is 171 Å². The third-order valence-corrected chi connectivity index (χ3v) is 5.49. The number of ether oxygens (including phenoxy) is 1. The van der Waals surface area contributed by atoms with Gasteiger partial charge in [0, 0.05) is 24.2 Å². The first-order chi connectivity index (χ1) is 14.3. The molecule has 1 aromatic heterocycles. The predicted molar refractivity (Wildman–Crippen MR) is 101 cm³/mol. The Kier molecular flexibility index (Phi) is 6.33. The van der Waals surface area contributed by atoms with Crippen LogP contribution in [-0.4, -0.2) is 46.6 Å². The highest BCUT2D eigenvalue weighted by Crippen LogP contribution is 2.35. The molecule has 0 unspecified atom stereocenters. The van der Waals surface area contributed by atoms with Crippen LogP contribution in [0.1, 0.15) is 43.3 Å². The number of rotatable bonds is 5. The van der Waals surface area contributed by atoms with Crippen molar-refractivity contribution in [1.29, 1.82) is 0 Å². The number of hydrogen-bond donors (Lipinski definition) is 2. The first-order valence-corrected chi connectivity index (χ1v) is 9.60. The fraction of sp³-hybridized carbons (Fsp3) is 0.450. The van der Waals surface area contributed by atoms with Crippen LogP contribution in [0.15, 0.2) is 18.5 Å². The molecule has 3 atom stereocenters. The Balaban J connectivity index is 2.00. The molecule has 2 N–H and O–H groups in total. The van der Waals surface area contributed by atoms with Gasteiger partial charge in [-0.05, 0) is 12.0 Å². The molecule has 0 bridgehead atoms. The number of fused-ring (bicyclic) bond motifs is 1. The number of benzene rings is 1. The van der Waals surface area contributed by atoms with E-state index < -0.39 is 41.5 Å². The number of H-pyrrole nitrogens is 1. The van der Waals surface area contributed by atoms with Crippen molar-refractivity contribution in [2.45, 2.75) is 38.8 Å². The van der Waals surface area contributed by atoms with Crippen molar-refractivity contribution in [3.8, 4) is 0 Å². The fourth-order valence-corrected chi connectivity index (χ4v) is 3.57. The standard InChI is InChI=1S/C20H23F3N4O3/c1-4-10(2)16(19(28)30-3)26-20(29)27-8-7-13-17(25-9-24-13)18(27)11-5-6-12(21)15(23)14(11)22/h5-6,9-10,16,18H,4,7-8H2,1-3H3,(H,24,25)(H,26,29)/t10-,16-,18-/m0/s1. The van der Waals surface area contributed by atoms with Gasteiger partial charge in [0.15, 0.2) is 17.5 Å². The summed E-state index contributed by atoms with van der Waals surface area (Å²) in [5.74, 6) is -5.16. The molecule has 162 valence electrons. The molecule has 0 radical (unpaired) electrons. The number of halogens is 3. The maximum absolute atomic E-state index is 14.6. The summed E-state index contributed by atoms with van der Waals surface area (Å²) >= 11 is 0. The van der Waals surface area contributed by atoms with Gasteiger partial charge in [-0.15, -0.1) is 0 Å². The average molecular weight is 424 g/mol. The highest BCUT2D eigenvalue weighted by atomic mass is 19.2. The molecule has 0 aliphatic carbocycles. The molecule has 0 fully saturated rings. The third kappa shape index (κ3) is 3.86. The van der Waals surface area contributed by atoms with E-state index in [-0.39, 0.29) is 18.0 Å². The van der Waals surface area contributed by atoms with Gasteiger partial charge < -0.3 is 19.9 Å². The van der Waals surface area contributed by atoms with Crippen LogP contribution in [0.2, 0.25) is 0 Å². The molecular formula is C20H23F3N4O3. The highest BCUT2D eigenvalue weighted by molar-refractivity contribution is 5.84. The van der Waals surface area contributed by atoms with Crippen LogP contribution in [0.3, 0.4) is 0 Å². The van der Waals surface area contributed by atoms with Crippen molar-refractivity contribution in [2.24, 2.45) is 5.92 Å². The molecule has 0 saturated carbocycles. The number of amides is 2. The molecule has 7 nitrogen and oxygen atoms in total. The third-order valence-electron chi connectivity index (χ3n) is 5.49. The van der Waals surface area contributed by atoms with Gasteiger partial charge in [-0.3, -0.25) is 0 Å². The van der Waals surface area contributed by atoms with E-state index in [0.29, 0.717) is 24.2 Å². The second kappa shape index (κ2) is 8.76. The maximum atomic E-state index is 14.6. The lowest BCUT2D eigenvalue weighted by molar-refractivity contribution is -0.144. The Bertz CT molecular complexity index is 949. The van der Waals surface area contributed by atoms with Crippen molar-refractivity contribution in [1.82, 2.24) is 20.2 Å². The fourth-order valence-electron chi connectivity index (χ4n) is 3.57. The van der Waals surface area contributed by atoms with Crippen LogP contribution in [0.5, 0.6) is 0 Å². The van der Waals surface area contributed by atoms with E-state index in [2.05, 4.69) is 15.3 Å². The number of nitrogens with zero attached hydrogens (tertiary/aromatic N) is 2. The average Bonchev–Trinajstić information content (AvgIpc) is 3.23. The van der Waals surface area contributed by atoms with Crippen molar-refractivity contribution in [3.05, 3.63) is 52.9 Å². The Morgan fingerprint density at radius 2 is 2.07 bits per heavy atom. The zero-order valence-electron chi connectivity index (χ0n) is 16.8. The molecule has 1 aliphatic rings. The summed E-state index contributed by atoms with van der Waals surface area (Å²) < 4.78 is 46.8. The van der Waals surface area contributed by atoms with Crippen molar-refractivity contribution < 1.29 is 27.5 Å². The van der Waals surface area contributed by atoms with Crippen LogP contribution in [0.4, 0.5) is 18.0 Å². The molecule has 2 aromatic rings. The van der Waals surface area contributed by atoms with Crippen molar-refractivity contribution >= 4 is 12.0 Å². The van der Waals surface area contributed by atoms with E-state index in [9.17, 15) is 22.8 Å². The Hall–Kier alpha value is -3.04. The van der Waals surface area contributed by atoms with Crippen molar-refractivity contribution in [3.63, 3.8) is 0 Å². The second-order valence-corrected chi connectivity index (χ2v) is 7.21. The number of aromatic nitrogens is 2. The van der Waals surface area contributed by atoms with Crippen LogP contribution >= 0.6 is 0 Å². The molecule has 1 aromatic carbocycles. The summed E-state index contributed by atoms with van der Waals surface area (Å²) in [5.41, 5.74) is 0.773. The Morgan fingerprint density at radius 3 is 2.73 bits per heavy atom. The van der Waals surface area contributed by atoms with E-state index in [1.165, 1.54) is 18.3 Å². The minimum Gasteiger partial charge on any atom is -0.467 e. The van der Waals surface area contributed by atoms with Gasteiger partial charge in [0.1, 0.15) is 12.1 Å². The molecule has 10 heteroatoms. The topological polar surface area (TPSA) is 87.3 Å². The van der Waals surface area contributed by atoms with E-state index in [4.69, 9.17) is 4.74 Å². The number of esters is 1. The summed E-state index contributed by atoms with van der Waals surface area (Å²) in [7, 11) is 1.22. The number of carbonyl (C=O) groups excluding carboxylic acids is 2. The van der Waals surface area contributed by atoms with E-state index in [1.54, 1.807) is 6.92 Å². The molecule has 3 rings (SSSR count). The lowest BCUT2D eigenvalue weighted by atomic mass is 9.95. The first-order valence-electron chi connectivity index (χ1n) is 9.60. The van der Waals surface area contributed by atoms with E-state index >= 15 is 0 Å². The molecular weight excluding hydrogens is 401 g/mol. The van der Waals surface area contributed by atoms with Crippen molar-refractivity contribution in [2.75, 3.05) is 13.7 Å².